The minimum absolute atomic E-state index is 0.193. The van der Waals surface area contributed by atoms with Crippen molar-refractivity contribution in [3.05, 3.63) is 47.8 Å². The number of imidazole rings is 1. The van der Waals surface area contributed by atoms with E-state index in [9.17, 15) is 9.50 Å². The van der Waals surface area contributed by atoms with Gasteiger partial charge in [-0.3, -0.25) is 0 Å². The number of rotatable bonds is 5. The van der Waals surface area contributed by atoms with Crippen molar-refractivity contribution >= 4 is 5.69 Å². The van der Waals surface area contributed by atoms with Crippen LogP contribution in [0.1, 0.15) is 24.1 Å². The molecule has 6 heteroatoms. The molecule has 2 N–H and O–H groups in total. The number of hydrogen-bond donors (Lipinski definition) is 2. The molecule has 0 atom stereocenters. The zero-order valence-corrected chi connectivity index (χ0v) is 13.4. The van der Waals surface area contributed by atoms with E-state index >= 15 is 0 Å². The number of aryl methyl sites for hydroxylation is 1. The maximum absolute atomic E-state index is 14.4. The van der Waals surface area contributed by atoms with E-state index in [0.29, 0.717) is 44.7 Å². The summed E-state index contributed by atoms with van der Waals surface area (Å²) in [5.74, 6) is -0.193. The molecule has 1 fully saturated rings. The van der Waals surface area contributed by atoms with Crippen LogP contribution in [-0.4, -0.2) is 33.9 Å². The Kier molecular flexibility index (Phi) is 4.93. The molecular formula is C17H23FN4O. The predicted octanol–water partition coefficient (Wildman–Crippen LogP) is 1.81. The lowest BCUT2D eigenvalue weighted by atomic mass is 10.1. The fraction of sp³-hybridized carbons (Fsp3) is 0.471. The Morgan fingerprint density at radius 2 is 2.09 bits per heavy atom. The number of anilines is 1. The number of halogens is 1. The van der Waals surface area contributed by atoms with Crippen LogP contribution in [0.4, 0.5) is 10.1 Å². The smallest absolute Gasteiger partial charge is 0.146 e. The molecule has 3 rings (SSSR count). The van der Waals surface area contributed by atoms with Crippen molar-refractivity contribution in [1.82, 2.24) is 14.9 Å². The lowest BCUT2D eigenvalue weighted by Gasteiger charge is -2.31. The van der Waals surface area contributed by atoms with E-state index in [0.717, 1.165) is 11.3 Å². The van der Waals surface area contributed by atoms with Gasteiger partial charge in [-0.25, -0.2) is 9.37 Å². The molecule has 0 unspecified atom stereocenters. The van der Waals surface area contributed by atoms with Crippen LogP contribution in [0.5, 0.6) is 0 Å². The summed E-state index contributed by atoms with van der Waals surface area (Å²) >= 11 is 0. The quantitative estimate of drug-likeness (QED) is 0.883. The molecule has 5 nitrogen and oxygen atoms in total. The van der Waals surface area contributed by atoms with Crippen molar-refractivity contribution in [1.29, 1.82) is 0 Å². The fourth-order valence-electron chi connectivity index (χ4n) is 2.91. The van der Waals surface area contributed by atoms with Crippen molar-refractivity contribution in [3.8, 4) is 0 Å². The van der Waals surface area contributed by atoms with Crippen LogP contribution in [-0.2, 0) is 20.1 Å². The van der Waals surface area contributed by atoms with Gasteiger partial charge in [0.15, 0.2) is 0 Å². The first-order valence-electron chi connectivity index (χ1n) is 8.01. The van der Waals surface area contributed by atoms with Gasteiger partial charge >= 0.3 is 0 Å². The van der Waals surface area contributed by atoms with Crippen LogP contribution in [0.3, 0.4) is 0 Å². The van der Waals surface area contributed by atoms with E-state index in [1.165, 1.54) is 0 Å². The summed E-state index contributed by atoms with van der Waals surface area (Å²) in [5, 5.41) is 12.9. The number of piperidine rings is 1. The molecule has 0 radical (unpaired) electrons. The first kappa shape index (κ1) is 16.0. The van der Waals surface area contributed by atoms with Crippen LogP contribution in [0, 0.1) is 5.82 Å². The molecule has 1 aliphatic heterocycles. The second-order valence-corrected chi connectivity index (χ2v) is 6.10. The highest BCUT2D eigenvalue weighted by atomic mass is 19.1. The number of nitrogens with one attached hydrogen (secondary N) is 1. The van der Waals surface area contributed by atoms with Crippen molar-refractivity contribution in [3.63, 3.8) is 0 Å². The Bertz CT molecular complexity index is 650. The van der Waals surface area contributed by atoms with Gasteiger partial charge in [-0.05, 0) is 30.5 Å². The number of aliphatic hydroxyl groups excluding tert-OH is 1. The van der Waals surface area contributed by atoms with Gasteiger partial charge in [0.05, 0.1) is 23.8 Å². The third-order valence-corrected chi connectivity index (χ3v) is 4.37. The van der Waals surface area contributed by atoms with Crippen LogP contribution in [0.2, 0.25) is 0 Å². The SMILES string of the molecule is Cn1cncc1CNCc1ccc(N2CCC(O)CC2)c(F)c1. The highest BCUT2D eigenvalue weighted by Gasteiger charge is 2.19. The molecule has 0 bridgehead atoms. The summed E-state index contributed by atoms with van der Waals surface area (Å²) in [6, 6.07) is 5.39. The van der Waals surface area contributed by atoms with E-state index in [4.69, 9.17) is 0 Å². The van der Waals surface area contributed by atoms with Gasteiger partial charge in [0.25, 0.3) is 0 Å². The second kappa shape index (κ2) is 7.10. The largest absolute Gasteiger partial charge is 0.393 e. The van der Waals surface area contributed by atoms with Gasteiger partial charge in [0.2, 0.25) is 0 Å². The van der Waals surface area contributed by atoms with E-state index in [2.05, 4.69) is 10.3 Å². The van der Waals surface area contributed by atoms with Crippen LogP contribution in [0.25, 0.3) is 0 Å². The first-order valence-corrected chi connectivity index (χ1v) is 8.01. The summed E-state index contributed by atoms with van der Waals surface area (Å²) in [5.41, 5.74) is 2.65. The van der Waals surface area contributed by atoms with Gasteiger partial charge in [-0.1, -0.05) is 6.07 Å². The lowest BCUT2D eigenvalue weighted by molar-refractivity contribution is 0.145. The van der Waals surface area contributed by atoms with Crippen molar-refractivity contribution in [2.45, 2.75) is 32.0 Å². The molecule has 2 heterocycles. The van der Waals surface area contributed by atoms with Gasteiger partial charge in [-0.15, -0.1) is 0 Å². The summed E-state index contributed by atoms with van der Waals surface area (Å²) in [7, 11) is 1.95. The van der Waals surface area contributed by atoms with E-state index in [1.807, 2.05) is 34.8 Å². The molecule has 0 spiro atoms. The lowest BCUT2D eigenvalue weighted by Crippen LogP contribution is -2.36. The molecule has 2 aromatic rings. The Morgan fingerprint density at radius 1 is 1.30 bits per heavy atom. The average molecular weight is 318 g/mol. The number of hydrogen-bond acceptors (Lipinski definition) is 4. The number of benzene rings is 1. The van der Waals surface area contributed by atoms with Crippen molar-refractivity contribution < 1.29 is 9.50 Å². The third-order valence-electron chi connectivity index (χ3n) is 4.37. The Hall–Kier alpha value is -1.92. The third kappa shape index (κ3) is 3.89. The van der Waals surface area contributed by atoms with Gasteiger partial charge in [0.1, 0.15) is 5.82 Å². The summed E-state index contributed by atoms with van der Waals surface area (Å²) in [4.78, 5) is 6.08. The highest BCUT2D eigenvalue weighted by Crippen LogP contribution is 2.24. The van der Waals surface area contributed by atoms with E-state index in [-0.39, 0.29) is 11.9 Å². The molecule has 124 valence electrons. The molecule has 0 aliphatic carbocycles. The second-order valence-electron chi connectivity index (χ2n) is 6.10. The average Bonchev–Trinajstić information content (AvgIpc) is 2.94. The minimum Gasteiger partial charge on any atom is -0.393 e. The maximum Gasteiger partial charge on any atom is 0.146 e. The van der Waals surface area contributed by atoms with Gasteiger partial charge in [0, 0.05) is 39.4 Å². The molecule has 0 saturated carbocycles. The molecular weight excluding hydrogens is 295 g/mol. The van der Waals surface area contributed by atoms with Crippen LogP contribution < -0.4 is 10.2 Å². The number of aliphatic hydroxyl groups is 1. The Morgan fingerprint density at radius 3 is 2.74 bits per heavy atom. The highest BCUT2D eigenvalue weighted by molar-refractivity contribution is 5.49. The number of nitrogens with zero attached hydrogens (tertiary/aromatic N) is 3. The fourth-order valence-corrected chi connectivity index (χ4v) is 2.91. The molecule has 1 aromatic carbocycles. The predicted molar refractivity (Wildman–Crippen MR) is 87.6 cm³/mol. The van der Waals surface area contributed by atoms with E-state index < -0.39 is 0 Å². The molecule has 1 saturated heterocycles. The molecule has 0 amide bonds. The standard InChI is InChI=1S/C17H23FN4O/c1-21-12-20-11-14(21)10-19-9-13-2-3-17(16(18)8-13)22-6-4-15(23)5-7-22/h2-3,8,11-12,15,19,23H,4-7,9-10H2,1H3. The zero-order chi connectivity index (χ0) is 16.2. The summed E-state index contributed by atoms with van der Waals surface area (Å²) < 4.78 is 16.3. The Labute approximate surface area is 135 Å². The maximum atomic E-state index is 14.4. The van der Waals surface area contributed by atoms with Crippen LogP contribution in [0.15, 0.2) is 30.7 Å². The normalized spacial score (nSPS) is 16.0. The van der Waals surface area contributed by atoms with Gasteiger partial charge in [-0.2, -0.15) is 0 Å². The Balaban J connectivity index is 1.57. The molecule has 23 heavy (non-hydrogen) atoms. The molecule has 1 aromatic heterocycles. The van der Waals surface area contributed by atoms with E-state index in [1.54, 1.807) is 12.4 Å². The van der Waals surface area contributed by atoms with Crippen LogP contribution >= 0.6 is 0 Å². The minimum atomic E-state index is -0.246. The van der Waals surface area contributed by atoms with Gasteiger partial charge < -0.3 is 19.9 Å². The topological polar surface area (TPSA) is 53.3 Å². The first-order chi connectivity index (χ1) is 11.1. The summed E-state index contributed by atoms with van der Waals surface area (Å²) in [6.45, 7) is 2.72. The summed E-state index contributed by atoms with van der Waals surface area (Å²) in [6.07, 6.45) is 4.74. The molecule has 1 aliphatic rings. The van der Waals surface area contributed by atoms with Crippen molar-refractivity contribution in [2.24, 2.45) is 7.05 Å². The zero-order valence-electron chi connectivity index (χ0n) is 13.4. The monoisotopic (exact) mass is 318 g/mol. The number of aromatic nitrogens is 2. The van der Waals surface area contributed by atoms with Crippen molar-refractivity contribution in [2.75, 3.05) is 18.0 Å².